The van der Waals surface area contributed by atoms with Gasteiger partial charge in [0.25, 0.3) is 0 Å². The van der Waals surface area contributed by atoms with Crippen LogP contribution in [0.1, 0.15) is 88.5 Å². The molecular formula is C51H67N4O8S2+. The SMILES string of the molecule is CC1(C)C(/C=C/C2=C(c3ccc(CCC(=O)O)cc3)C(=C/C=C3/N(CCC[N+](C)(C)C)c4ccc(S(=O)(=O)[O-])cc4C3(C)C)/CCC2)=[N+](CCC[N+](C)(C)C)c2ccc(S(=O)(=O)[O-])cc21. The first-order valence-electron chi connectivity index (χ1n) is 22.5. The number of benzene rings is 3. The molecule has 0 saturated carbocycles. The summed E-state index contributed by atoms with van der Waals surface area (Å²) in [7, 11) is 3.58. The quantitative estimate of drug-likeness (QED) is 0.0808. The zero-order valence-corrected chi connectivity index (χ0v) is 41.4. The van der Waals surface area contributed by atoms with Gasteiger partial charge in [-0.05, 0) is 109 Å². The van der Waals surface area contributed by atoms with Gasteiger partial charge in [-0.3, -0.25) is 4.79 Å². The van der Waals surface area contributed by atoms with Gasteiger partial charge in [-0.15, -0.1) is 0 Å². The Morgan fingerprint density at radius 3 is 1.97 bits per heavy atom. The second kappa shape index (κ2) is 18.5. The number of nitrogens with zero attached hydrogens (tertiary/aromatic N) is 4. The van der Waals surface area contributed by atoms with E-state index in [-0.39, 0.29) is 16.2 Å². The Morgan fingerprint density at radius 1 is 0.769 bits per heavy atom. The molecule has 3 aromatic rings. The van der Waals surface area contributed by atoms with Gasteiger partial charge >= 0.3 is 5.97 Å². The number of carbonyl (C=O) groups is 1. The van der Waals surface area contributed by atoms with Crippen molar-refractivity contribution in [3.05, 3.63) is 124 Å². The van der Waals surface area contributed by atoms with Crippen molar-refractivity contribution in [3.63, 3.8) is 0 Å². The highest BCUT2D eigenvalue weighted by Gasteiger charge is 2.45. The summed E-state index contributed by atoms with van der Waals surface area (Å²) < 4.78 is 77.2. The zero-order valence-electron chi connectivity index (χ0n) is 39.8. The lowest BCUT2D eigenvalue weighted by Crippen LogP contribution is -2.37. The van der Waals surface area contributed by atoms with E-state index >= 15 is 0 Å². The molecule has 0 saturated heterocycles. The van der Waals surface area contributed by atoms with Crippen LogP contribution in [0.5, 0.6) is 0 Å². The van der Waals surface area contributed by atoms with Crippen molar-refractivity contribution in [1.82, 2.24) is 0 Å². The molecule has 2 aliphatic heterocycles. The number of anilines is 1. The maximum absolute atomic E-state index is 12.2. The van der Waals surface area contributed by atoms with E-state index in [0.29, 0.717) is 19.5 Å². The molecule has 0 fully saturated rings. The van der Waals surface area contributed by atoms with Gasteiger partial charge in [0.15, 0.2) is 12.3 Å². The third kappa shape index (κ3) is 11.5. The van der Waals surface area contributed by atoms with Crippen molar-refractivity contribution in [2.45, 2.75) is 93.3 Å². The number of carboxylic acids is 1. The van der Waals surface area contributed by atoms with Gasteiger partial charge in [0.1, 0.15) is 20.2 Å². The molecule has 350 valence electrons. The molecule has 0 aromatic heterocycles. The predicted octanol–water partition coefficient (Wildman–Crippen LogP) is 7.88. The highest BCUT2D eigenvalue weighted by Crippen LogP contribution is 2.49. The van der Waals surface area contributed by atoms with Crippen molar-refractivity contribution < 1.29 is 49.4 Å². The lowest BCUT2D eigenvalue weighted by Gasteiger charge is -2.29. The number of allylic oxidation sites excluding steroid dienone is 8. The number of rotatable bonds is 17. The number of aryl methyl sites for hydroxylation is 1. The molecule has 0 bridgehead atoms. The summed E-state index contributed by atoms with van der Waals surface area (Å²) in [4.78, 5) is 13.2. The largest absolute Gasteiger partial charge is 0.744 e. The van der Waals surface area contributed by atoms with Gasteiger partial charge in [0, 0.05) is 53.9 Å². The van der Waals surface area contributed by atoms with Crippen molar-refractivity contribution >= 4 is 48.9 Å². The number of carboxylic acid groups (broad SMARTS) is 1. The van der Waals surface area contributed by atoms with Crippen LogP contribution in [0.15, 0.2) is 112 Å². The van der Waals surface area contributed by atoms with E-state index in [1.807, 2.05) is 12.1 Å². The van der Waals surface area contributed by atoms with Crippen LogP contribution in [0.3, 0.4) is 0 Å². The van der Waals surface area contributed by atoms with Crippen LogP contribution in [0.2, 0.25) is 0 Å². The second-order valence-corrected chi connectivity index (χ2v) is 23.6. The van der Waals surface area contributed by atoms with E-state index in [4.69, 9.17) is 0 Å². The molecule has 0 radical (unpaired) electrons. The Hall–Kier alpha value is -4.70. The summed E-state index contributed by atoms with van der Waals surface area (Å²) in [6.45, 7) is 11.5. The summed E-state index contributed by atoms with van der Waals surface area (Å²) in [6.07, 6.45) is 13.4. The summed E-state index contributed by atoms with van der Waals surface area (Å²) in [5.41, 5.74) is 9.31. The Morgan fingerprint density at radius 2 is 1.37 bits per heavy atom. The molecule has 6 rings (SSSR count). The summed E-state index contributed by atoms with van der Waals surface area (Å²) in [5, 5.41) is 9.37. The minimum absolute atomic E-state index is 0.0325. The standard InChI is InChI=1S/C51H66N4O8S2/c1-50(2)42-34-40(64(58,59)60)23-25-44(42)52(30-12-32-54(5,6)7)46(50)27-21-37-14-11-15-38(49(37)39-19-16-36(17-20-39)18-29-48(56)57)22-28-47-51(3,4)43-35-41(65(61,62)63)24-26-45(43)53(47)31-13-33-55(8,9)10/h16-17,19-28,34-35H,11-15,18,29-33H2,1-10H3/p+1. The zero-order chi connectivity index (χ0) is 47.9. The smallest absolute Gasteiger partial charge is 0.303 e. The van der Waals surface area contributed by atoms with Crippen LogP contribution in [-0.4, -0.2) is 125 Å². The van der Waals surface area contributed by atoms with E-state index in [1.165, 1.54) is 24.3 Å². The Labute approximate surface area is 387 Å². The molecular weight excluding hydrogens is 861 g/mol. The second-order valence-electron chi connectivity index (χ2n) is 20.9. The molecule has 3 aliphatic rings. The highest BCUT2D eigenvalue weighted by molar-refractivity contribution is 7.86. The van der Waals surface area contributed by atoms with Gasteiger partial charge in [-0.25, -0.2) is 16.8 Å². The monoisotopic (exact) mass is 927 g/mol. The third-order valence-corrected chi connectivity index (χ3v) is 14.7. The van der Waals surface area contributed by atoms with Gasteiger partial charge in [-0.2, -0.15) is 4.58 Å². The van der Waals surface area contributed by atoms with Crippen molar-refractivity contribution in [2.24, 2.45) is 0 Å². The average Bonchev–Trinajstić information content (AvgIpc) is 3.54. The number of hydrogen-bond acceptors (Lipinski definition) is 8. The molecule has 14 heteroatoms. The molecule has 3 aromatic carbocycles. The topological polar surface area (TPSA) is 158 Å². The van der Waals surface area contributed by atoms with Gasteiger partial charge in [0.2, 0.25) is 5.69 Å². The number of fused-ring (bicyclic) bond motifs is 2. The normalized spacial score (nSPS) is 18.9. The van der Waals surface area contributed by atoms with Crippen LogP contribution in [-0.2, 0) is 42.3 Å². The highest BCUT2D eigenvalue weighted by atomic mass is 32.2. The Bertz CT molecular complexity index is 2730. The average molecular weight is 928 g/mol. The Kier molecular flexibility index (Phi) is 14.2. The van der Waals surface area contributed by atoms with Gasteiger partial charge < -0.3 is 28.1 Å². The van der Waals surface area contributed by atoms with E-state index in [0.717, 1.165) is 116 Å². The molecule has 2 heterocycles. The molecule has 0 spiro atoms. The van der Waals surface area contributed by atoms with E-state index in [1.54, 1.807) is 12.1 Å². The minimum atomic E-state index is -4.67. The van der Waals surface area contributed by atoms with Crippen LogP contribution in [0.4, 0.5) is 11.4 Å². The summed E-state index contributed by atoms with van der Waals surface area (Å²) in [6, 6.07) is 17.5. The first-order valence-corrected chi connectivity index (χ1v) is 25.3. The van der Waals surface area contributed by atoms with Crippen molar-refractivity contribution in [3.8, 4) is 0 Å². The van der Waals surface area contributed by atoms with E-state index in [2.05, 4.69) is 116 Å². The molecule has 0 unspecified atom stereocenters. The van der Waals surface area contributed by atoms with Gasteiger partial charge in [0.05, 0.1) is 77.0 Å². The first-order chi connectivity index (χ1) is 30.1. The predicted molar refractivity (Wildman–Crippen MR) is 256 cm³/mol. The Balaban J connectivity index is 1.51. The first kappa shape index (κ1) is 49.7. The van der Waals surface area contributed by atoms with Crippen molar-refractivity contribution in [1.29, 1.82) is 0 Å². The van der Waals surface area contributed by atoms with E-state index < -0.39 is 37.0 Å². The maximum Gasteiger partial charge on any atom is 0.303 e. The lowest BCUT2D eigenvalue weighted by molar-refractivity contribution is -0.871. The molecule has 0 amide bonds. The minimum Gasteiger partial charge on any atom is -0.744 e. The third-order valence-electron chi connectivity index (χ3n) is 13.0. The lowest BCUT2D eigenvalue weighted by atomic mass is 9.79. The van der Waals surface area contributed by atoms with Crippen LogP contribution in [0, 0.1) is 0 Å². The number of hydrogen-bond donors (Lipinski definition) is 1. The van der Waals surface area contributed by atoms with Gasteiger partial charge in [-0.1, -0.05) is 50.3 Å². The fourth-order valence-corrected chi connectivity index (χ4v) is 10.6. The summed E-state index contributed by atoms with van der Waals surface area (Å²) in [5.74, 6) is -0.851. The fraction of sp³-hybridized carbons (Fsp3) is 0.451. The fourth-order valence-electron chi connectivity index (χ4n) is 9.59. The van der Waals surface area contributed by atoms with Crippen LogP contribution in [0.25, 0.3) is 5.57 Å². The van der Waals surface area contributed by atoms with Crippen molar-refractivity contribution in [2.75, 3.05) is 73.4 Å². The number of aliphatic carboxylic acids is 1. The molecule has 65 heavy (non-hydrogen) atoms. The summed E-state index contributed by atoms with van der Waals surface area (Å²) >= 11 is 0. The molecule has 1 aliphatic carbocycles. The van der Waals surface area contributed by atoms with Crippen LogP contribution < -0.4 is 4.90 Å². The molecule has 12 nitrogen and oxygen atoms in total. The molecule has 1 N–H and O–H groups in total. The molecule has 0 atom stereocenters. The van der Waals surface area contributed by atoms with Crippen LogP contribution >= 0.6 is 0 Å². The number of quaternary nitrogens is 2. The van der Waals surface area contributed by atoms with E-state index in [9.17, 15) is 35.8 Å². The maximum atomic E-state index is 12.2.